The van der Waals surface area contributed by atoms with Crippen molar-refractivity contribution in [1.82, 2.24) is 19.6 Å². The maximum absolute atomic E-state index is 12.0. The van der Waals surface area contributed by atoms with Crippen molar-refractivity contribution in [3.63, 3.8) is 0 Å². The van der Waals surface area contributed by atoms with Crippen molar-refractivity contribution in [1.29, 1.82) is 0 Å². The van der Waals surface area contributed by atoms with Crippen LogP contribution in [0.4, 0.5) is 0 Å². The summed E-state index contributed by atoms with van der Waals surface area (Å²) >= 11 is 0. The molecular formula is C15H16N4O3. The van der Waals surface area contributed by atoms with Gasteiger partial charge in [-0.15, -0.1) is 5.10 Å². The number of aromatic amines is 1. The molecule has 1 aromatic carbocycles. The Morgan fingerprint density at radius 2 is 2.14 bits per heavy atom. The third-order valence-electron chi connectivity index (χ3n) is 3.32. The summed E-state index contributed by atoms with van der Waals surface area (Å²) in [6, 6.07) is 7.22. The fourth-order valence-electron chi connectivity index (χ4n) is 2.12. The van der Waals surface area contributed by atoms with Crippen LogP contribution in [0.5, 0.6) is 0 Å². The Labute approximate surface area is 125 Å². The summed E-state index contributed by atoms with van der Waals surface area (Å²) in [7, 11) is 0. The van der Waals surface area contributed by atoms with E-state index in [1.807, 2.05) is 32.0 Å². The number of hydrogen-bond acceptors (Lipinski definition) is 5. The highest BCUT2D eigenvalue weighted by Crippen LogP contribution is 2.14. The van der Waals surface area contributed by atoms with Crippen molar-refractivity contribution < 1.29 is 9.53 Å². The van der Waals surface area contributed by atoms with Crippen LogP contribution in [0.1, 0.15) is 30.9 Å². The number of nitrogens with one attached hydrogen (secondary N) is 1. The van der Waals surface area contributed by atoms with Gasteiger partial charge in [0.2, 0.25) is 0 Å². The molecule has 7 nitrogen and oxygen atoms in total. The van der Waals surface area contributed by atoms with Crippen LogP contribution in [-0.4, -0.2) is 32.2 Å². The van der Waals surface area contributed by atoms with Crippen molar-refractivity contribution >= 4 is 22.5 Å². The van der Waals surface area contributed by atoms with Gasteiger partial charge in [0.05, 0.1) is 12.1 Å². The van der Waals surface area contributed by atoms with Crippen molar-refractivity contribution in [3.8, 4) is 0 Å². The molecule has 0 aliphatic heterocycles. The molecule has 0 atom stereocenters. The van der Waals surface area contributed by atoms with Gasteiger partial charge < -0.3 is 9.72 Å². The minimum atomic E-state index is -0.618. The molecule has 3 rings (SSSR count). The fraction of sp³-hybridized carbons (Fsp3) is 0.333. The molecular weight excluding hydrogens is 284 g/mol. The van der Waals surface area contributed by atoms with E-state index >= 15 is 0 Å². The van der Waals surface area contributed by atoms with Gasteiger partial charge in [-0.2, -0.15) is 4.52 Å². The van der Waals surface area contributed by atoms with E-state index in [4.69, 9.17) is 4.74 Å². The minimum Gasteiger partial charge on any atom is -0.460 e. The number of hydrogen-bond donors (Lipinski definition) is 1. The second-order valence-electron chi connectivity index (χ2n) is 5.46. The number of nitrogens with zero attached hydrogens (tertiary/aromatic N) is 3. The van der Waals surface area contributed by atoms with Crippen molar-refractivity contribution in [2.75, 3.05) is 6.61 Å². The summed E-state index contributed by atoms with van der Waals surface area (Å²) in [5.41, 5.74) is 0.546. The Hall–Kier alpha value is -2.70. The van der Waals surface area contributed by atoms with E-state index in [2.05, 4.69) is 15.1 Å². The molecule has 2 heterocycles. The van der Waals surface area contributed by atoms with Gasteiger partial charge in [0.15, 0.2) is 5.65 Å². The van der Waals surface area contributed by atoms with Crippen molar-refractivity contribution in [2.24, 2.45) is 5.92 Å². The predicted octanol–water partition coefficient (Wildman–Crippen LogP) is 1.77. The predicted molar refractivity (Wildman–Crippen MR) is 80.9 cm³/mol. The first-order valence-electron chi connectivity index (χ1n) is 7.11. The van der Waals surface area contributed by atoms with Crippen LogP contribution in [0.15, 0.2) is 29.1 Å². The molecule has 0 saturated heterocycles. The van der Waals surface area contributed by atoms with Gasteiger partial charge >= 0.3 is 11.7 Å². The maximum Gasteiger partial charge on any atom is 0.378 e. The van der Waals surface area contributed by atoms with E-state index < -0.39 is 11.7 Å². The van der Waals surface area contributed by atoms with Crippen LogP contribution in [0.2, 0.25) is 0 Å². The largest absolute Gasteiger partial charge is 0.460 e. The van der Waals surface area contributed by atoms with E-state index in [0.29, 0.717) is 23.7 Å². The molecule has 0 fully saturated rings. The summed E-state index contributed by atoms with van der Waals surface area (Å²) in [6.45, 7) is 4.40. The standard InChI is InChI=1S/C15H16N4O3/c1-9(2)7-8-22-14(20)12-17-13-10-5-3-4-6-11(10)16-15(21)19(13)18-12/h3-6,9H,7-8H2,1-2H3,(H,16,21). The van der Waals surface area contributed by atoms with E-state index in [0.717, 1.165) is 16.3 Å². The lowest BCUT2D eigenvalue weighted by atomic mass is 10.1. The Bertz CT molecular complexity index is 895. The molecule has 7 heteroatoms. The van der Waals surface area contributed by atoms with Gasteiger partial charge in [0, 0.05) is 5.39 Å². The molecule has 3 aromatic rings. The average molecular weight is 300 g/mol. The first-order valence-corrected chi connectivity index (χ1v) is 7.11. The van der Waals surface area contributed by atoms with E-state index in [1.165, 1.54) is 0 Å². The Balaban J connectivity index is 1.99. The second kappa shape index (κ2) is 5.59. The maximum atomic E-state index is 12.0. The number of carbonyl (C=O) groups excluding carboxylic acids is 1. The Kier molecular flexibility index (Phi) is 3.62. The SMILES string of the molecule is CC(C)CCOC(=O)c1nc2c3ccccc3[nH]c(=O)n2n1. The van der Waals surface area contributed by atoms with Crippen molar-refractivity contribution in [2.45, 2.75) is 20.3 Å². The third kappa shape index (κ3) is 2.57. The lowest BCUT2D eigenvalue weighted by molar-refractivity contribution is 0.0474. The monoisotopic (exact) mass is 300 g/mol. The first-order chi connectivity index (χ1) is 10.6. The number of H-pyrrole nitrogens is 1. The average Bonchev–Trinajstić information content (AvgIpc) is 2.93. The van der Waals surface area contributed by atoms with Crippen LogP contribution in [0, 0.1) is 5.92 Å². The summed E-state index contributed by atoms with van der Waals surface area (Å²) in [5, 5.41) is 4.67. The van der Waals surface area contributed by atoms with Crippen molar-refractivity contribution in [3.05, 3.63) is 40.6 Å². The van der Waals surface area contributed by atoms with E-state index in [9.17, 15) is 9.59 Å². The first kappa shape index (κ1) is 14.2. The molecule has 22 heavy (non-hydrogen) atoms. The summed E-state index contributed by atoms with van der Waals surface area (Å²) < 4.78 is 6.22. The number of fused-ring (bicyclic) bond motifs is 3. The number of ether oxygens (including phenoxy) is 1. The highest BCUT2D eigenvalue weighted by atomic mass is 16.5. The molecule has 0 saturated carbocycles. The number of benzene rings is 1. The zero-order chi connectivity index (χ0) is 15.7. The summed E-state index contributed by atoms with van der Waals surface area (Å²) in [4.78, 5) is 30.8. The summed E-state index contributed by atoms with van der Waals surface area (Å²) in [6.07, 6.45) is 0.766. The van der Waals surface area contributed by atoms with E-state index in [-0.39, 0.29) is 5.82 Å². The molecule has 0 unspecified atom stereocenters. The molecule has 2 aromatic heterocycles. The molecule has 114 valence electrons. The van der Waals surface area contributed by atoms with Gasteiger partial charge in [0.1, 0.15) is 0 Å². The lowest BCUT2D eigenvalue weighted by Crippen LogP contribution is -2.18. The smallest absolute Gasteiger partial charge is 0.378 e. The third-order valence-corrected chi connectivity index (χ3v) is 3.32. The summed E-state index contributed by atoms with van der Waals surface area (Å²) in [5.74, 6) is -0.285. The molecule has 0 radical (unpaired) electrons. The Morgan fingerprint density at radius 3 is 2.91 bits per heavy atom. The highest BCUT2D eigenvalue weighted by Gasteiger charge is 2.17. The number of carbonyl (C=O) groups is 1. The normalized spacial score (nSPS) is 11.4. The number of para-hydroxylation sites is 1. The lowest BCUT2D eigenvalue weighted by Gasteiger charge is -2.04. The molecule has 0 bridgehead atoms. The van der Waals surface area contributed by atoms with Crippen LogP contribution >= 0.6 is 0 Å². The highest BCUT2D eigenvalue weighted by molar-refractivity contribution is 5.93. The topological polar surface area (TPSA) is 89.3 Å². The quantitative estimate of drug-likeness (QED) is 0.742. The van der Waals surface area contributed by atoms with E-state index in [1.54, 1.807) is 6.07 Å². The fourth-order valence-corrected chi connectivity index (χ4v) is 2.12. The molecule has 0 amide bonds. The zero-order valence-electron chi connectivity index (χ0n) is 12.4. The molecule has 1 N–H and O–H groups in total. The molecule has 0 aliphatic carbocycles. The molecule has 0 aliphatic rings. The van der Waals surface area contributed by atoms with Gasteiger partial charge in [-0.3, -0.25) is 0 Å². The van der Waals surface area contributed by atoms with Crippen LogP contribution in [-0.2, 0) is 4.74 Å². The minimum absolute atomic E-state index is 0.106. The zero-order valence-corrected chi connectivity index (χ0v) is 12.4. The number of esters is 1. The molecule has 0 spiro atoms. The number of aromatic nitrogens is 4. The van der Waals surface area contributed by atoms with Gasteiger partial charge in [-0.05, 0) is 24.5 Å². The second-order valence-corrected chi connectivity index (χ2v) is 5.46. The van der Waals surface area contributed by atoms with Crippen LogP contribution in [0.3, 0.4) is 0 Å². The van der Waals surface area contributed by atoms with Gasteiger partial charge in [-0.1, -0.05) is 26.0 Å². The Morgan fingerprint density at radius 1 is 1.36 bits per heavy atom. The van der Waals surface area contributed by atoms with Crippen LogP contribution in [0.25, 0.3) is 16.6 Å². The van der Waals surface area contributed by atoms with Gasteiger partial charge in [-0.25, -0.2) is 14.6 Å². The number of rotatable bonds is 4. The van der Waals surface area contributed by atoms with Gasteiger partial charge in [0.25, 0.3) is 5.82 Å². The van der Waals surface area contributed by atoms with Crippen LogP contribution < -0.4 is 5.69 Å².